The van der Waals surface area contributed by atoms with Crippen LogP contribution in [0.2, 0.25) is 0 Å². The van der Waals surface area contributed by atoms with E-state index < -0.39 is 12.2 Å². The van der Waals surface area contributed by atoms with Crippen molar-refractivity contribution in [3.05, 3.63) is 59.2 Å². The van der Waals surface area contributed by atoms with Crippen LogP contribution in [0.1, 0.15) is 0 Å². The molecule has 4 unspecified atom stereocenters. The van der Waals surface area contributed by atoms with E-state index in [1.165, 1.54) is 23.5 Å². The van der Waals surface area contributed by atoms with E-state index in [1.807, 2.05) is 10.8 Å². The third kappa shape index (κ3) is 4.36. The first-order valence-corrected chi connectivity index (χ1v) is 10.7. The lowest BCUT2D eigenvalue weighted by molar-refractivity contribution is 0.00917. The maximum Gasteiger partial charge on any atom is 0.412 e. The quantitative estimate of drug-likeness (QED) is 0.624. The summed E-state index contributed by atoms with van der Waals surface area (Å²) in [6.07, 6.45) is -0.120. The van der Waals surface area contributed by atoms with Crippen molar-refractivity contribution in [3.63, 3.8) is 0 Å². The highest BCUT2D eigenvalue weighted by Gasteiger charge is 2.49. The van der Waals surface area contributed by atoms with Crippen LogP contribution in [0.5, 0.6) is 0 Å². The van der Waals surface area contributed by atoms with E-state index in [0.717, 1.165) is 0 Å². The first-order chi connectivity index (χ1) is 15.2. The number of hydrogen-bond acceptors (Lipinski definition) is 8. The number of carbonyl (C=O) groups is 1. The van der Waals surface area contributed by atoms with Crippen molar-refractivity contribution in [2.75, 3.05) is 23.8 Å². The number of nitrogens with one attached hydrogen (secondary N) is 2. The number of thiophene rings is 1. The highest BCUT2D eigenvalue weighted by atomic mass is 32.1. The summed E-state index contributed by atoms with van der Waals surface area (Å²) in [5, 5.41) is 9.59. The van der Waals surface area contributed by atoms with Crippen LogP contribution < -0.4 is 10.6 Å². The van der Waals surface area contributed by atoms with Crippen molar-refractivity contribution in [3.8, 4) is 11.3 Å². The zero-order valence-corrected chi connectivity index (χ0v) is 17.0. The molecular weight excluding hydrogens is 423 g/mol. The van der Waals surface area contributed by atoms with Gasteiger partial charge in [0.2, 0.25) is 5.95 Å². The number of nitrogens with zero attached hydrogens (tertiary/aromatic N) is 2. The molecule has 0 aliphatic carbocycles. The number of amides is 1. The van der Waals surface area contributed by atoms with Crippen LogP contribution in [0.4, 0.5) is 20.8 Å². The molecule has 0 bridgehead atoms. The zero-order chi connectivity index (χ0) is 21.2. The van der Waals surface area contributed by atoms with Crippen LogP contribution in [0.25, 0.3) is 11.3 Å². The fourth-order valence-electron chi connectivity index (χ4n) is 3.71. The van der Waals surface area contributed by atoms with Crippen molar-refractivity contribution < 1.29 is 23.4 Å². The minimum atomic E-state index is -0.543. The minimum absolute atomic E-state index is 0.207. The van der Waals surface area contributed by atoms with Crippen LogP contribution in [0.3, 0.4) is 0 Å². The number of halogens is 1. The molecule has 0 spiro atoms. The summed E-state index contributed by atoms with van der Waals surface area (Å²) in [6, 6.07) is 9.53. The molecule has 2 aliphatic rings. The summed E-state index contributed by atoms with van der Waals surface area (Å²) in [6.45, 7) is 0.601. The standard InChI is InChI=1S/C21H19FN4O4S/c22-13-3-1-2-12(8-13)15-4-6-23-20(25-15)26-16-9-28-19-17(10-29-18(16)19)30-21(27)24-14-5-7-31-11-14/h1-8,11,16-19H,9-10H2,(H,24,27)(H,23,25,26). The second kappa shape index (κ2) is 8.58. The molecule has 2 N–H and O–H groups in total. The van der Waals surface area contributed by atoms with E-state index in [9.17, 15) is 9.18 Å². The second-order valence-corrected chi connectivity index (χ2v) is 7.98. The second-order valence-electron chi connectivity index (χ2n) is 7.20. The largest absolute Gasteiger partial charge is 0.441 e. The molecule has 31 heavy (non-hydrogen) atoms. The van der Waals surface area contributed by atoms with Crippen LogP contribution in [0, 0.1) is 5.82 Å². The number of fused-ring (bicyclic) bond motifs is 1. The number of ether oxygens (including phenoxy) is 3. The first-order valence-electron chi connectivity index (χ1n) is 9.74. The average molecular weight is 442 g/mol. The monoisotopic (exact) mass is 442 g/mol. The van der Waals surface area contributed by atoms with Gasteiger partial charge in [-0.05, 0) is 29.6 Å². The Bertz CT molecular complexity index is 1070. The van der Waals surface area contributed by atoms with E-state index in [-0.39, 0.29) is 30.7 Å². The van der Waals surface area contributed by atoms with E-state index in [1.54, 1.807) is 30.5 Å². The van der Waals surface area contributed by atoms with Crippen molar-refractivity contribution in [1.29, 1.82) is 0 Å². The van der Waals surface area contributed by atoms with Crippen LogP contribution in [-0.4, -0.2) is 53.6 Å². The van der Waals surface area contributed by atoms with Crippen LogP contribution >= 0.6 is 11.3 Å². The van der Waals surface area contributed by atoms with Gasteiger partial charge in [-0.25, -0.2) is 19.2 Å². The molecular formula is C21H19FN4O4S. The Morgan fingerprint density at radius 2 is 2.10 bits per heavy atom. The van der Waals surface area contributed by atoms with E-state index in [4.69, 9.17) is 14.2 Å². The molecule has 10 heteroatoms. The van der Waals surface area contributed by atoms with Gasteiger partial charge < -0.3 is 19.5 Å². The lowest BCUT2D eigenvalue weighted by atomic mass is 10.1. The summed E-state index contributed by atoms with van der Waals surface area (Å²) in [5.74, 6) is 0.0604. The highest BCUT2D eigenvalue weighted by molar-refractivity contribution is 7.08. The van der Waals surface area contributed by atoms with Crippen molar-refractivity contribution in [2.45, 2.75) is 24.4 Å². The fraction of sp³-hybridized carbons (Fsp3) is 0.286. The summed E-state index contributed by atoms with van der Waals surface area (Å²) >= 11 is 1.48. The number of benzene rings is 1. The lowest BCUT2D eigenvalue weighted by Gasteiger charge is -2.18. The van der Waals surface area contributed by atoms with E-state index in [2.05, 4.69) is 20.6 Å². The Hall–Kier alpha value is -3.08. The molecule has 0 radical (unpaired) electrons. The SMILES string of the molecule is O=C(Nc1ccsc1)OC1COC2C(Nc3nccc(-c4cccc(F)c4)n3)COC12. The summed E-state index contributed by atoms with van der Waals surface area (Å²) in [5.41, 5.74) is 1.95. The topological polar surface area (TPSA) is 94.6 Å². The maximum absolute atomic E-state index is 13.5. The van der Waals surface area contributed by atoms with Crippen molar-refractivity contribution in [1.82, 2.24) is 9.97 Å². The smallest absolute Gasteiger partial charge is 0.412 e. The lowest BCUT2D eigenvalue weighted by Crippen LogP contribution is -2.38. The molecule has 2 saturated heterocycles. The molecule has 3 aromatic rings. The van der Waals surface area contributed by atoms with Crippen molar-refractivity contribution in [2.24, 2.45) is 0 Å². The van der Waals surface area contributed by atoms with Gasteiger partial charge in [0, 0.05) is 17.1 Å². The highest BCUT2D eigenvalue weighted by Crippen LogP contribution is 2.31. The molecule has 1 amide bonds. The predicted octanol–water partition coefficient (Wildman–Crippen LogP) is 3.54. The molecule has 8 nitrogen and oxygen atoms in total. The fourth-order valence-corrected chi connectivity index (χ4v) is 4.30. The Labute approximate surface area is 181 Å². The van der Waals surface area contributed by atoms with Crippen LogP contribution in [0.15, 0.2) is 53.4 Å². The Morgan fingerprint density at radius 3 is 2.94 bits per heavy atom. The molecule has 4 heterocycles. The summed E-state index contributed by atoms with van der Waals surface area (Å²) in [7, 11) is 0. The van der Waals surface area contributed by atoms with E-state index >= 15 is 0 Å². The summed E-state index contributed by atoms with van der Waals surface area (Å²) in [4.78, 5) is 20.9. The molecule has 2 aromatic heterocycles. The Kier molecular flexibility index (Phi) is 5.49. The van der Waals surface area contributed by atoms with Gasteiger partial charge >= 0.3 is 6.09 Å². The molecule has 2 aliphatic heterocycles. The summed E-state index contributed by atoms with van der Waals surface area (Å²) < 4.78 is 30.7. The number of rotatable bonds is 5. The van der Waals surface area contributed by atoms with Gasteiger partial charge in [0.1, 0.15) is 18.0 Å². The minimum Gasteiger partial charge on any atom is -0.441 e. The number of hydrogen-bond donors (Lipinski definition) is 2. The van der Waals surface area contributed by atoms with Crippen LogP contribution in [-0.2, 0) is 14.2 Å². The van der Waals surface area contributed by atoms with Gasteiger partial charge in [-0.2, -0.15) is 11.3 Å². The molecule has 160 valence electrons. The van der Waals surface area contributed by atoms with Gasteiger partial charge in [-0.1, -0.05) is 12.1 Å². The number of carbonyl (C=O) groups excluding carboxylic acids is 1. The average Bonchev–Trinajstić information content (AvgIpc) is 3.49. The molecule has 1 aromatic carbocycles. The molecule has 2 fully saturated rings. The van der Waals surface area contributed by atoms with Gasteiger partial charge in [0.05, 0.1) is 30.6 Å². The third-order valence-corrected chi connectivity index (χ3v) is 5.81. The molecule has 0 saturated carbocycles. The van der Waals surface area contributed by atoms with Gasteiger partial charge in [-0.15, -0.1) is 0 Å². The normalized spacial score (nSPS) is 24.5. The third-order valence-electron chi connectivity index (χ3n) is 5.12. The molecule has 5 rings (SSSR count). The van der Waals surface area contributed by atoms with Gasteiger partial charge in [0.25, 0.3) is 0 Å². The Balaban J connectivity index is 1.22. The number of aromatic nitrogens is 2. The maximum atomic E-state index is 13.5. The number of anilines is 2. The predicted molar refractivity (Wildman–Crippen MR) is 113 cm³/mol. The van der Waals surface area contributed by atoms with Crippen molar-refractivity contribution >= 4 is 29.1 Å². The zero-order valence-electron chi connectivity index (χ0n) is 16.2. The van der Waals surface area contributed by atoms with Gasteiger partial charge in [-0.3, -0.25) is 5.32 Å². The van der Waals surface area contributed by atoms with E-state index in [0.29, 0.717) is 29.5 Å². The van der Waals surface area contributed by atoms with Gasteiger partial charge in [0.15, 0.2) is 6.10 Å². The Morgan fingerprint density at radius 1 is 1.19 bits per heavy atom. The first kappa shape index (κ1) is 19.9. The molecule has 4 atom stereocenters.